The number of rotatable bonds is 9. The minimum absolute atomic E-state index is 0.194. The highest BCUT2D eigenvalue weighted by Gasteiger charge is 2.31. The normalized spacial score (nSPS) is 14.7. The average molecular weight is 459 g/mol. The van der Waals surface area contributed by atoms with Crippen molar-refractivity contribution in [1.82, 2.24) is 0 Å². The molecule has 0 spiro atoms. The largest absolute Gasteiger partial charge is 0.249 e. The summed E-state index contributed by atoms with van der Waals surface area (Å²) >= 11 is 0. The lowest BCUT2D eigenvalue weighted by Crippen LogP contribution is -2.21. The van der Waals surface area contributed by atoms with Gasteiger partial charge in [0.2, 0.25) is 0 Å². The van der Waals surface area contributed by atoms with Crippen LogP contribution in [0.1, 0.15) is 37.1 Å². The third kappa shape index (κ3) is 5.69. The summed E-state index contributed by atoms with van der Waals surface area (Å²) in [6.07, 6.45) is -0.471. The Labute approximate surface area is 186 Å². The molecular weight excluding hydrogens is 431 g/mol. The van der Waals surface area contributed by atoms with E-state index in [2.05, 4.69) is 0 Å². The molecule has 0 bridgehead atoms. The number of sulfone groups is 1. The molecule has 0 amide bonds. The van der Waals surface area contributed by atoms with Gasteiger partial charge in [0.05, 0.1) is 21.4 Å². The molecule has 0 saturated heterocycles. The van der Waals surface area contributed by atoms with Gasteiger partial charge in [-0.1, -0.05) is 67.4 Å². The van der Waals surface area contributed by atoms with Crippen molar-refractivity contribution in [2.45, 2.75) is 47.5 Å². The zero-order chi connectivity index (χ0) is 22.4. The van der Waals surface area contributed by atoms with Gasteiger partial charge in [0, 0.05) is 21.3 Å². The standard InChI is InChI=1S/C25H27FO3S2/c1-3-9-20(18-31(28,29)22-10-5-4-6-11-22)25(26)23-12-7-8-13-24(23)30(27)21-16-14-19(2)15-17-21/h4-8,10-17,20,25H,3,9,18H2,1-2H3/t20-,25+,30-/m0/s1. The van der Waals surface area contributed by atoms with Crippen LogP contribution in [0.15, 0.2) is 93.5 Å². The van der Waals surface area contributed by atoms with E-state index in [1.807, 2.05) is 26.0 Å². The van der Waals surface area contributed by atoms with E-state index >= 15 is 4.39 Å². The summed E-state index contributed by atoms with van der Waals surface area (Å²) in [5.74, 6) is -1.02. The molecule has 0 heterocycles. The van der Waals surface area contributed by atoms with E-state index in [4.69, 9.17) is 0 Å². The van der Waals surface area contributed by atoms with Gasteiger partial charge in [0.25, 0.3) is 0 Å². The van der Waals surface area contributed by atoms with E-state index in [9.17, 15) is 12.6 Å². The summed E-state index contributed by atoms with van der Waals surface area (Å²) in [6, 6.07) is 22.1. The first kappa shape index (κ1) is 23.4. The van der Waals surface area contributed by atoms with Gasteiger partial charge >= 0.3 is 0 Å². The molecule has 3 rings (SSSR count). The zero-order valence-corrected chi connectivity index (χ0v) is 19.3. The Kier molecular flexibility index (Phi) is 7.79. The monoisotopic (exact) mass is 458 g/mol. The number of aryl methyl sites for hydroxylation is 1. The molecule has 0 aromatic heterocycles. The number of halogens is 1. The first-order valence-corrected chi connectivity index (χ1v) is 13.1. The molecule has 0 aliphatic rings. The third-order valence-electron chi connectivity index (χ3n) is 5.26. The molecule has 6 heteroatoms. The fourth-order valence-electron chi connectivity index (χ4n) is 3.61. The maximum Gasteiger partial charge on any atom is 0.178 e. The van der Waals surface area contributed by atoms with Crippen molar-refractivity contribution in [1.29, 1.82) is 0 Å². The van der Waals surface area contributed by atoms with E-state index in [0.29, 0.717) is 28.2 Å². The van der Waals surface area contributed by atoms with Crippen LogP contribution in [0, 0.1) is 12.8 Å². The molecule has 0 radical (unpaired) electrons. The molecule has 0 aliphatic carbocycles. The summed E-state index contributed by atoms with van der Waals surface area (Å²) in [4.78, 5) is 1.17. The van der Waals surface area contributed by atoms with Crippen molar-refractivity contribution in [2.24, 2.45) is 5.92 Å². The quantitative estimate of drug-likeness (QED) is 0.391. The van der Waals surface area contributed by atoms with Crippen LogP contribution in [0.5, 0.6) is 0 Å². The highest BCUT2D eigenvalue weighted by Crippen LogP contribution is 2.36. The van der Waals surface area contributed by atoms with Crippen molar-refractivity contribution in [2.75, 3.05) is 5.75 Å². The predicted molar refractivity (Wildman–Crippen MR) is 123 cm³/mol. The van der Waals surface area contributed by atoms with Gasteiger partial charge in [-0.2, -0.15) is 0 Å². The van der Waals surface area contributed by atoms with Gasteiger partial charge in [0.1, 0.15) is 6.17 Å². The summed E-state index contributed by atoms with van der Waals surface area (Å²) in [6.45, 7) is 3.85. The molecule has 3 nitrogen and oxygen atoms in total. The number of alkyl halides is 1. The lowest BCUT2D eigenvalue weighted by atomic mass is 9.94. The smallest absolute Gasteiger partial charge is 0.178 e. The maximum atomic E-state index is 15.8. The Morgan fingerprint density at radius 1 is 0.903 bits per heavy atom. The van der Waals surface area contributed by atoms with Crippen LogP contribution in [-0.4, -0.2) is 18.4 Å². The van der Waals surface area contributed by atoms with Crippen LogP contribution in [0.25, 0.3) is 0 Å². The highest BCUT2D eigenvalue weighted by atomic mass is 32.2. The van der Waals surface area contributed by atoms with Crippen molar-refractivity contribution < 1.29 is 17.0 Å². The first-order chi connectivity index (χ1) is 14.8. The van der Waals surface area contributed by atoms with Crippen molar-refractivity contribution in [3.8, 4) is 0 Å². The molecule has 3 aromatic rings. The number of hydrogen-bond donors (Lipinski definition) is 0. The third-order valence-corrected chi connectivity index (χ3v) is 8.59. The Bertz CT molecular complexity index is 1130. The van der Waals surface area contributed by atoms with E-state index in [0.717, 1.165) is 5.56 Å². The minimum atomic E-state index is -3.64. The molecule has 0 N–H and O–H groups in total. The van der Waals surface area contributed by atoms with E-state index in [1.165, 1.54) is 12.1 Å². The average Bonchev–Trinajstić information content (AvgIpc) is 2.79. The molecule has 0 saturated carbocycles. The Hall–Kier alpha value is -2.31. The van der Waals surface area contributed by atoms with Gasteiger partial charge < -0.3 is 0 Å². The van der Waals surface area contributed by atoms with Gasteiger partial charge in [0.15, 0.2) is 9.84 Å². The van der Waals surface area contributed by atoms with Crippen LogP contribution in [0.2, 0.25) is 0 Å². The summed E-state index contributed by atoms with van der Waals surface area (Å²) in [5.41, 5.74) is 1.34. The predicted octanol–water partition coefficient (Wildman–Crippen LogP) is 6.06. The van der Waals surface area contributed by atoms with Gasteiger partial charge in [-0.3, -0.25) is 0 Å². The molecule has 164 valence electrons. The highest BCUT2D eigenvalue weighted by molar-refractivity contribution is 7.91. The minimum Gasteiger partial charge on any atom is -0.249 e. The summed E-state index contributed by atoms with van der Waals surface area (Å²) < 4.78 is 54.8. The van der Waals surface area contributed by atoms with Gasteiger partial charge in [-0.05, 0) is 43.7 Å². The fraction of sp³-hybridized carbons (Fsp3) is 0.280. The SMILES string of the molecule is CCC[C@@H](CS(=O)(=O)c1ccccc1)[C@@H](F)c1ccccc1[S@@](=O)c1ccc(C)cc1. The van der Waals surface area contributed by atoms with Crippen molar-refractivity contribution in [3.05, 3.63) is 90.0 Å². The lowest BCUT2D eigenvalue weighted by molar-refractivity contribution is 0.233. The Balaban J connectivity index is 1.93. The van der Waals surface area contributed by atoms with E-state index < -0.39 is 32.7 Å². The van der Waals surface area contributed by atoms with Crippen LogP contribution in [0.4, 0.5) is 4.39 Å². The molecule has 0 fully saturated rings. The molecule has 0 aliphatic heterocycles. The Morgan fingerprint density at radius 3 is 2.16 bits per heavy atom. The molecule has 3 atom stereocenters. The second-order valence-electron chi connectivity index (χ2n) is 7.66. The summed E-state index contributed by atoms with van der Waals surface area (Å²) in [7, 11) is -5.20. The molecular formula is C25H27FO3S2. The van der Waals surface area contributed by atoms with E-state index in [-0.39, 0.29) is 10.6 Å². The Morgan fingerprint density at radius 2 is 1.52 bits per heavy atom. The van der Waals surface area contributed by atoms with Crippen LogP contribution in [-0.2, 0) is 20.6 Å². The number of hydrogen-bond acceptors (Lipinski definition) is 3. The maximum absolute atomic E-state index is 15.8. The molecule has 31 heavy (non-hydrogen) atoms. The van der Waals surface area contributed by atoms with Crippen molar-refractivity contribution in [3.63, 3.8) is 0 Å². The van der Waals surface area contributed by atoms with Gasteiger partial charge in [-0.15, -0.1) is 0 Å². The van der Waals surface area contributed by atoms with Crippen molar-refractivity contribution >= 4 is 20.6 Å². The fourth-order valence-corrected chi connectivity index (χ4v) is 6.51. The summed E-state index contributed by atoms with van der Waals surface area (Å²) in [5, 5.41) is 0. The zero-order valence-electron chi connectivity index (χ0n) is 17.7. The topological polar surface area (TPSA) is 51.2 Å². The van der Waals surface area contributed by atoms with Crippen LogP contribution < -0.4 is 0 Å². The van der Waals surface area contributed by atoms with Gasteiger partial charge in [-0.25, -0.2) is 17.0 Å². The molecule has 3 aromatic carbocycles. The second-order valence-corrected chi connectivity index (χ2v) is 11.1. The van der Waals surface area contributed by atoms with Crippen LogP contribution in [0.3, 0.4) is 0 Å². The lowest BCUT2D eigenvalue weighted by Gasteiger charge is -2.23. The van der Waals surface area contributed by atoms with E-state index in [1.54, 1.807) is 54.6 Å². The molecule has 0 unspecified atom stereocenters. The number of benzene rings is 3. The second kappa shape index (κ2) is 10.3. The first-order valence-electron chi connectivity index (χ1n) is 10.3. The van der Waals surface area contributed by atoms with Crippen LogP contribution >= 0.6 is 0 Å².